The molecule has 0 spiro atoms. The number of phenolic OH excluding ortho intramolecular Hbond substituents is 1. The highest BCUT2D eigenvalue weighted by Gasteiger charge is 2.17. The minimum atomic E-state index is 0.326. The predicted molar refractivity (Wildman–Crippen MR) is 65.1 cm³/mol. The Labute approximate surface area is 98.8 Å². The lowest BCUT2D eigenvalue weighted by Crippen LogP contribution is -2.27. The van der Waals surface area contributed by atoms with E-state index in [4.69, 9.17) is 0 Å². The summed E-state index contributed by atoms with van der Waals surface area (Å²) in [6, 6.07) is 4.32. The molecular formula is C12H16BrNO. The molecule has 0 aliphatic carbocycles. The average molecular weight is 270 g/mol. The van der Waals surface area contributed by atoms with Gasteiger partial charge in [-0.3, -0.25) is 0 Å². The van der Waals surface area contributed by atoms with Crippen LogP contribution in [0.4, 0.5) is 0 Å². The number of aromatic hydroxyl groups is 1. The van der Waals surface area contributed by atoms with E-state index in [2.05, 4.69) is 28.2 Å². The number of halogens is 1. The molecule has 0 radical (unpaired) electrons. The summed E-state index contributed by atoms with van der Waals surface area (Å²) in [7, 11) is 0. The number of nitrogens with one attached hydrogen (secondary N) is 1. The number of hydrogen-bond donors (Lipinski definition) is 2. The van der Waals surface area contributed by atoms with Crippen molar-refractivity contribution in [3.63, 3.8) is 0 Å². The van der Waals surface area contributed by atoms with Crippen LogP contribution < -0.4 is 5.32 Å². The lowest BCUT2D eigenvalue weighted by Gasteiger charge is -2.25. The highest BCUT2D eigenvalue weighted by Crippen LogP contribution is 2.32. The summed E-state index contributed by atoms with van der Waals surface area (Å²) >= 11 is 3.37. The molecule has 2 N–H and O–H groups in total. The zero-order valence-corrected chi connectivity index (χ0v) is 10.5. The third kappa shape index (κ3) is 2.34. The summed E-state index contributed by atoms with van der Waals surface area (Å²) in [4.78, 5) is 0. The van der Waals surface area contributed by atoms with Gasteiger partial charge in [0.15, 0.2) is 0 Å². The van der Waals surface area contributed by atoms with E-state index in [0.717, 1.165) is 16.6 Å². The molecule has 1 atom stereocenters. The Balaban J connectivity index is 2.30. The lowest BCUT2D eigenvalue weighted by molar-refractivity contribution is 0.410. The summed E-state index contributed by atoms with van der Waals surface area (Å²) in [5.41, 5.74) is 2.47. The maximum Gasteiger partial charge on any atom is 0.130 e. The smallest absolute Gasteiger partial charge is 0.130 e. The van der Waals surface area contributed by atoms with Crippen molar-refractivity contribution < 1.29 is 5.11 Å². The van der Waals surface area contributed by atoms with E-state index in [1.54, 1.807) is 0 Å². The van der Waals surface area contributed by atoms with Crippen LogP contribution in [0.5, 0.6) is 5.75 Å². The van der Waals surface area contributed by atoms with Gasteiger partial charge in [0, 0.05) is 6.04 Å². The highest BCUT2D eigenvalue weighted by molar-refractivity contribution is 9.10. The number of benzene rings is 1. The number of piperidine rings is 1. The molecule has 2 rings (SSSR count). The maximum absolute atomic E-state index is 9.56. The Kier molecular flexibility index (Phi) is 3.32. The van der Waals surface area contributed by atoms with Gasteiger partial charge in [0.25, 0.3) is 0 Å². The Hall–Kier alpha value is -0.540. The molecule has 1 aromatic carbocycles. The van der Waals surface area contributed by atoms with Gasteiger partial charge in [-0.2, -0.15) is 0 Å². The Bertz CT molecular complexity index is 359. The van der Waals surface area contributed by atoms with Crippen LogP contribution in [0.2, 0.25) is 0 Å². The van der Waals surface area contributed by atoms with Crippen LogP contribution in [0.25, 0.3) is 0 Å². The summed E-state index contributed by atoms with van der Waals surface area (Å²) in [6.07, 6.45) is 3.75. The third-order valence-corrected chi connectivity index (χ3v) is 3.66. The number of phenols is 1. The first-order valence-corrected chi connectivity index (χ1v) is 6.20. The minimum Gasteiger partial charge on any atom is -0.507 e. The van der Waals surface area contributed by atoms with Crippen molar-refractivity contribution in [3.05, 3.63) is 27.7 Å². The van der Waals surface area contributed by atoms with Crippen molar-refractivity contribution >= 4 is 15.9 Å². The SMILES string of the molecule is Cc1cc(O)c(Br)cc1C1CCCCN1. The summed E-state index contributed by atoms with van der Waals surface area (Å²) in [6.45, 7) is 3.15. The quantitative estimate of drug-likeness (QED) is 0.820. The molecule has 0 saturated carbocycles. The van der Waals surface area contributed by atoms with E-state index < -0.39 is 0 Å². The van der Waals surface area contributed by atoms with Gasteiger partial charge in [-0.05, 0) is 65.5 Å². The molecule has 1 aliphatic rings. The first kappa shape index (κ1) is 11.0. The molecule has 0 bridgehead atoms. The summed E-state index contributed by atoms with van der Waals surface area (Å²) < 4.78 is 0.787. The Morgan fingerprint density at radius 2 is 2.20 bits per heavy atom. The van der Waals surface area contributed by atoms with Gasteiger partial charge in [-0.1, -0.05) is 6.42 Å². The Morgan fingerprint density at radius 1 is 1.40 bits per heavy atom. The lowest BCUT2D eigenvalue weighted by atomic mass is 9.94. The van der Waals surface area contributed by atoms with Crippen molar-refractivity contribution in [2.75, 3.05) is 6.54 Å². The third-order valence-electron chi connectivity index (χ3n) is 3.02. The van der Waals surface area contributed by atoms with Gasteiger partial charge < -0.3 is 10.4 Å². The van der Waals surface area contributed by atoms with Crippen LogP contribution in [-0.2, 0) is 0 Å². The molecule has 1 aromatic rings. The zero-order chi connectivity index (χ0) is 10.8. The monoisotopic (exact) mass is 269 g/mol. The fourth-order valence-corrected chi connectivity index (χ4v) is 2.54. The van der Waals surface area contributed by atoms with Crippen LogP contribution in [0.15, 0.2) is 16.6 Å². The second-order valence-electron chi connectivity index (χ2n) is 4.16. The molecule has 1 heterocycles. The largest absolute Gasteiger partial charge is 0.507 e. The normalized spacial score (nSPS) is 21.6. The number of aryl methyl sites for hydroxylation is 1. The van der Waals surface area contributed by atoms with Crippen molar-refractivity contribution in [3.8, 4) is 5.75 Å². The minimum absolute atomic E-state index is 0.326. The van der Waals surface area contributed by atoms with Gasteiger partial charge in [0.2, 0.25) is 0 Å². The molecule has 2 nitrogen and oxygen atoms in total. The predicted octanol–water partition coefficient (Wildman–Crippen LogP) is 3.28. The average Bonchev–Trinajstić information content (AvgIpc) is 2.25. The van der Waals surface area contributed by atoms with E-state index in [9.17, 15) is 5.11 Å². The Morgan fingerprint density at radius 3 is 2.87 bits per heavy atom. The summed E-state index contributed by atoms with van der Waals surface area (Å²) in [5.74, 6) is 0.326. The molecule has 15 heavy (non-hydrogen) atoms. The number of hydrogen-bond acceptors (Lipinski definition) is 2. The topological polar surface area (TPSA) is 32.3 Å². The van der Waals surface area contributed by atoms with E-state index in [0.29, 0.717) is 11.8 Å². The molecule has 0 aromatic heterocycles. The molecular weight excluding hydrogens is 254 g/mol. The fourth-order valence-electron chi connectivity index (χ4n) is 2.17. The van der Waals surface area contributed by atoms with Crippen LogP contribution in [-0.4, -0.2) is 11.7 Å². The van der Waals surface area contributed by atoms with Crippen molar-refractivity contribution in [2.45, 2.75) is 32.2 Å². The van der Waals surface area contributed by atoms with Gasteiger partial charge in [-0.25, -0.2) is 0 Å². The second-order valence-corrected chi connectivity index (χ2v) is 5.02. The molecule has 0 amide bonds. The van der Waals surface area contributed by atoms with Gasteiger partial charge in [0.1, 0.15) is 5.75 Å². The standard InChI is InChI=1S/C12H16BrNO/c1-8-6-12(15)10(13)7-9(8)11-4-2-3-5-14-11/h6-7,11,14-15H,2-5H2,1H3. The van der Waals surface area contributed by atoms with E-state index in [1.807, 2.05) is 12.1 Å². The van der Waals surface area contributed by atoms with Gasteiger partial charge >= 0.3 is 0 Å². The van der Waals surface area contributed by atoms with Crippen molar-refractivity contribution in [1.82, 2.24) is 5.32 Å². The van der Waals surface area contributed by atoms with Gasteiger partial charge in [0.05, 0.1) is 4.47 Å². The molecule has 3 heteroatoms. The number of rotatable bonds is 1. The maximum atomic E-state index is 9.56. The molecule has 1 unspecified atom stereocenters. The van der Waals surface area contributed by atoms with E-state index in [1.165, 1.54) is 24.8 Å². The van der Waals surface area contributed by atoms with Gasteiger partial charge in [-0.15, -0.1) is 0 Å². The summed E-state index contributed by atoms with van der Waals surface area (Å²) in [5, 5.41) is 13.1. The zero-order valence-electron chi connectivity index (χ0n) is 8.89. The molecule has 1 aliphatic heterocycles. The second kappa shape index (κ2) is 4.54. The first-order chi connectivity index (χ1) is 7.18. The van der Waals surface area contributed by atoms with Crippen LogP contribution in [0, 0.1) is 6.92 Å². The van der Waals surface area contributed by atoms with Crippen LogP contribution >= 0.6 is 15.9 Å². The molecule has 1 fully saturated rings. The van der Waals surface area contributed by atoms with Crippen LogP contribution in [0.3, 0.4) is 0 Å². The highest BCUT2D eigenvalue weighted by atomic mass is 79.9. The van der Waals surface area contributed by atoms with Crippen LogP contribution in [0.1, 0.15) is 36.4 Å². The van der Waals surface area contributed by atoms with Crippen molar-refractivity contribution in [2.24, 2.45) is 0 Å². The van der Waals surface area contributed by atoms with E-state index >= 15 is 0 Å². The fraction of sp³-hybridized carbons (Fsp3) is 0.500. The van der Waals surface area contributed by atoms with Crippen molar-refractivity contribution in [1.29, 1.82) is 0 Å². The first-order valence-electron chi connectivity index (χ1n) is 5.41. The van der Waals surface area contributed by atoms with E-state index in [-0.39, 0.29) is 0 Å². The molecule has 1 saturated heterocycles. The molecule has 82 valence electrons.